The van der Waals surface area contributed by atoms with E-state index in [2.05, 4.69) is 5.32 Å². The Balaban J connectivity index is 1.87. The number of amides is 1. The molecule has 2 rings (SSSR count). The molecule has 0 bridgehead atoms. The summed E-state index contributed by atoms with van der Waals surface area (Å²) in [6.45, 7) is 1.40. The smallest absolute Gasteiger partial charge is 0.287 e. The highest BCUT2D eigenvalue weighted by molar-refractivity contribution is 5.91. The molecule has 0 aliphatic carbocycles. The van der Waals surface area contributed by atoms with E-state index < -0.39 is 0 Å². The number of hydrogen-bond acceptors (Lipinski definition) is 3. The fraction of sp³-hybridized carbons (Fsp3) is 0.500. The van der Waals surface area contributed by atoms with Crippen molar-refractivity contribution < 1.29 is 13.9 Å². The molecule has 0 saturated carbocycles. The molecule has 1 aliphatic heterocycles. The van der Waals surface area contributed by atoms with E-state index in [1.165, 1.54) is 6.26 Å². The van der Waals surface area contributed by atoms with E-state index in [0.717, 1.165) is 19.4 Å². The van der Waals surface area contributed by atoms with E-state index >= 15 is 0 Å². The van der Waals surface area contributed by atoms with Crippen molar-refractivity contribution in [3.05, 3.63) is 24.2 Å². The Hall–Kier alpha value is -1.29. The van der Waals surface area contributed by atoms with Gasteiger partial charge in [0.05, 0.1) is 18.9 Å². The lowest BCUT2D eigenvalue weighted by Gasteiger charge is -2.22. The SMILES string of the molecule is O=C(N[C@H]1CCCOC1)c1ccco1. The Labute approximate surface area is 82.2 Å². The number of furan rings is 1. The van der Waals surface area contributed by atoms with Crippen molar-refractivity contribution >= 4 is 5.91 Å². The molecule has 1 aromatic rings. The summed E-state index contributed by atoms with van der Waals surface area (Å²) in [5, 5.41) is 2.86. The minimum atomic E-state index is -0.162. The molecule has 1 fully saturated rings. The van der Waals surface area contributed by atoms with Gasteiger partial charge in [0.2, 0.25) is 0 Å². The van der Waals surface area contributed by atoms with Crippen molar-refractivity contribution in [1.29, 1.82) is 0 Å². The van der Waals surface area contributed by atoms with Gasteiger partial charge in [-0.2, -0.15) is 0 Å². The number of ether oxygens (including phenoxy) is 1. The fourth-order valence-electron chi connectivity index (χ4n) is 1.52. The monoisotopic (exact) mass is 195 g/mol. The van der Waals surface area contributed by atoms with E-state index in [-0.39, 0.29) is 11.9 Å². The Morgan fingerprint density at radius 3 is 3.14 bits per heavy atom. The summed E-state index contributed by atoms with van der Waals surface area (Å²) in [7, 11) is 0. The van der Waals surface area contributed by atoms with Gasteiger partial charge in [0.1, 0.15) is 0 Å². The maximum absolute atomic E-state index is 11.5. The van der Waals surface area contributed by atoms with Gasteiger partial charge in [-0.3, -0.25) is 4.79 Å². The van der Waals surface area contributed by atoms with Gasteiger partial charge >= 0.3 is 0 Å². The van der Waals surface area contributed by atoms with Gasteiger partial charge in [0, 0.05) is 6.61 Å². The Morgan fingerprint density at radius 2 is 2.50 bits per heavy atom. The largest absolute Gasteiger partial charge is 0.459 e. The second kappa shape index (κ2) is 4.28. The van der Waals surface area contributed by atoms with E-state index in [9.17, 15) is 4.79 Å². The molecule has 0 radical (unpaired) electrons. The van der Waals surface area contributed by atoms with Gasteiger partial charge in [-0.05, 0) is 25.0 Å². The van der Waals surface area contributed by atoms with Crippen LogP contribution in [0, 0.1) is 0 Å². The zero-order valence-electron chi connectivity index (χ0n) is 7.86. The Kier molecular flexibility index (Phi) is 2.84. The zero-order chi connectivity index (χ0) is 9.80. The van der Waals surface area contributed by atoms with Crippen molar-refractivity contribution in [2.24, 2.45) is 0 Å². The molecule has 1 aromatic heterocycles. The number of hydrogen-bond donors (Lipinski definition) is 1. The van der Waals surface area contributed by atoms with Crippen LogP contribution in [0.1, 0.15) is 23.4 Å². The first-order valence-corrected chi connectivity index (χ1v) is 4.78. The minimum Gasteiger partial charge on any atom is -0.459 e. The molecule has 1 atom stereocenters. The molecule has 0 unspecified atom stereocenters. The molecular formula is C10H13NO3. The maximum atomic E-state index is 11.5. The van der Waals surface area contributed by atoms with Crippen LogP contribution in [0.5, 0.6) is 0 Å². The van der Waals surface area contributed by atoms with Crippen LogP contribution >= 0.6 is 0 Å². The van der Waals surface area contributed by atoms with Gasteiger partial charge in [-0.15, -0.1) is 0 Å². The van der Waals surface area contributed by atoms with Gasteiger partial charge in [-0.1, -0.05) is 0 Å². The van der Waals surface area contributed by atoms with E-state index in [1.54, 1.807) is 12.1 Å². The van der Waals surface area contributed by atoms with Crippen molar-refractivity contribution in [2.45, 2.75) is 18.9 Å². The average molecular weight is 195 g/mol. The minimum absolute atomic E-state index is 0.126. The van der Waals surface area contributed by atoms with Crippen molar-refractivity contribution in [3.8, 4) is 0 Å². The second-order valence-electron chi connectivity index (χ2n) is 3.36. The Morgan fingerprint density at radius 1 is 1.57 bits per heavy atom. The third kappa shape index (κ3) is 2.14. The molecular weight excluding hydrogens is 182 g/mol. The normalized spacial score (nSPS) is 21.9. The van der Waals surface area contributed by atoms with Crippen molar-refractivity contribution in [3.63, 3.8) is 0 Å². The van der Waals surface area contributed by atoms with Crippen LogP contribution in [-0.4, -0.2) is 25.2 Å². The molecule has 4 nitrogen and oxygen atoms in total. The first-order chi connectivity index (χ1) is 6.86. The molecule has 76 valence electrons. The summed E-state index contributed by atoms with van der Waals surface area (Å²) >= 11 is 0. The predicted octanol–water partition coefficient (Wildman–Crippen LogP) is 1.19. The summed E-state index contributed by atoms with van der Waals surface area (Å²) < 4.78 is 10.2. The maximum Gasteiger partial charge on any atom is 0.287 e. The molecule has 4 heteroatoms. The van der Waals surface area contributed by atoms with Gasteiger partial charge in [0.25, 0.3) is 5.91 Å². The molecule has 1 saturated heterocycles. The summed E-state index contributed by atoms with van der Waals surface area (Å²) in [5.41, 5.74) is 0. The summed E-state index contributed by atoms with van der Waals surface area (Å²) in [5.74, 6) is 0.195. The molecule has 1 amide bonds. The van der Waals surface area contributed by atoms with Crippen LogP contribution in [0.4, 0.5) is 0 Å². The van der Waals surface area contributed by atoms with Crippen LogP contribution in [0.2, 0.25) is 0 Å². The molecule has 0 spiro atoms. The quantitative estimate of drug-likeness (QED) is 0.771. The van der Waals surface area contributed by atoms with Crippen LogP contribution < -0.4 is 5.32 Å². The zero-order valence-corrected chi connectivity index (χ0v) is 7.86. The highest BCUT2D eigenvalue weighted by atomic mass is 16.5. The van der Waals surface area contributed by atoms with E-state index in [4.69, 9.17) is 9.15 Å². The summed E-state index contributed by atoms with van der Waals surface area (Å²) in [4.78, 5) is 11.5. The molecule has 0 aromatic carbocycles. The standard InChI is InChI=1S/C10H13NO3/c12-10(9-4-2-6-14-9)11-8-3-1-5-13-7-8/h2,4,6,8H,1,3,5,7H2,(H,11,12)/t8-/m0/s1. The number of carbonyl (C=O) groups is 1. The molecule has 14 heavy (non-hydrogen) atoms. The number of nitrogens with one attached hydrogen (secondary N) is 1. The molecule has 2 heterocycles. The van der Waals surface area contributed by atoms with Crippen LogP contribution in [-0.2, 0) is 4.74 Å². The van der Waals surface area contributed by atoms with Crippen LogP contribution in [0.25, 0.3) is 0 Å². The van der Waals surface area contributed by atoms with Crippen molar-refractivity contribution in [2.75, 3.05) is 13.2 Å². The topological polar surface area (TPSA) is 51.5 Å². The number of rotatable bonds is 2. The highest BCUT2D eigenvalue weighted by Crippen LogP contribution is 2.07. The first kappa shape index (κ1) is 9.27. The number of carbonyl (C=O) groups excluding carboxylic acids is 1. The third-order valence-corrected chi connectivity index (χ3v) is 2.24. The van der Waals surface area contributed by atoms with Crippen molar-refractivity contribution in [1.82, 2.24) is 5.32 Å². The van der Waals surface area contributed by atoms with E-state index in [1.807, 2.05) is 0 Å². The van der Waals surface area contributed by atoms with Gasteiger partial charge in [-0.25, -0.2) is 0 Å². The predicted molar refractivity (Wildman–Crippen MR) is 50.0 cm³/mol. The first-order valence-electron chi connectivity index (χ1n) is 4.78. The lowest BCUT2D eigenvalue weighted by molar-refractivity contribution is 0.0612. The lowest BCUT2D eigenvalue weighted by atomic mass is 10.1. The van der Waals surface area contributed by atoms with Gasteiger partial charge < -0.3 is 14.5 Å². The van der Waals surface area contributed by atoms with Crippen LogP contribution in [0.3, 0.4) is 0 Å². The second-order valence-corrected chi connectivity index (χ2v) is 3.36. The molecule has 1 N–H and O–H groups in total. The average Bonchev–Trinajstić information content (AvgIpc) is 2.72. The molecule has 1 aliphatic rings. The highest BCUT2D eigenvalue weighted by Gasteiger charge is 2.17. The summed E-state index contributed by atoms with van der Waals surface area (Å²) in [6.07, 6.45) is 3.47. The summed E-state index contributed by atoms with van der Waals surface area (Å²) in [6, 6.07) is 3.48. The van der Waals surface area contributed by atoms with E-state index in [0.29, 0.717) is 12.4 Å². The van der Waals surface area contributed by atoms with Crippen LogP contribution in [0.15, 0.2) is 22.8 Å². The third-order valence-electron chi connectivity index (χ3n) is 2.24. The Bertz CT molecular complexity index is 288. The van der Waals surface area contributed by atoms with Gasteiger partial charge in [0.15, 0.2) is 5.76 Å². The fourth-order valence-corrected chi connectivity index (χ4v) is 1.52. The lowest BCUT2D eigenvalue weighted by Crippen LogP contribution is -2.40.